The fourth-order valence-electron chi connectivity index (χ4n) is 2.55. The molecule has 2 heterocycles. The Labute approximate surface area is 126 Å². The normalized spacial score (nSPS) is 11.5. The molecule has 0 aliphatic rings. The third-order valence-electron chi connectivity index (χ3n) is 3.61. The van der Waals surface area contributed by atoms with Crippen LogP contribution in [0.1, 0.15) is 23.9 Å². The van der Waals surface area contributed by atoms with Crippen molar-refractivity contribution in [2.24, 2.45) is 0 Å². The van der Waals surface area contributed by atoms with Gasteiger partial charge in [0.2, 0.25) is 5.76 Å². The van der Waals surface area contributed by atoms with Crippen molar-refractivity contribution < 1.29 is 9.45 Å². The molecular formula is C16H15N3O3. The summed E-state index contributed by atoms with van der Waals surface area (Å²) >= 11 is 0. The van der Waals surface area contributed by atoms with E-state index >= 15 is 0 Å². The summed E-state index contributed by atoms with van der Waals surface area (Å²) in [5.74, 6) is 0.163. The second-order valence-electron chi connectivity index (χ2n) is 4.96. The van der Waals surface area contributed by atoms with Crippen molar-refractivity contribution in [3.8, 4) is 0 Å². The second-order valence-corrected chi connectivity index (χ2v) is 4.96. The number of hydrogen-bond donors (Lipinski definition) is 0. The fraction of sp³-hybridized carbons (Fsp3) is 0.188. The van der Waals surface area contributed by atoms with E-state index in [4.69, 9.17) is 4.52 Å². The Balaban J connectivity index is 2.05. The average molecular weight is 297 g/mol. The summed E-state index contributed by atoms with van der Waals surface area (Å²) in [6, 6.07) is 8.05. The highest BCUT2D eigenvalue weighted by Crippen LogP contribution is 2.27. The summed E-state index contributed by atoms with van der Waals surface area (Å²) in [6.45, 7) is 4.49. The summed E-state index contributed by atoms with van der Waals surface area (Å²) in [4.78, 5) is 10.6. The van der Waals surface area contributed by atoms with Gasteiger partial charge in [-0.25, -0.2) is 0 Å². The van der Waals surface area contributed by atoms with Crippen LogP contribution in [0.25, 0.3) is 23.1 Å². The van der Waals surface area contributed by atoms with Gasteiger partial charge in [0, 0.05) is 29.2 Å². The number of para-hydroxylation sites is 1. The number of nitrogens with zero attached hydrogens (tertiary/aromatic N) is 3. The molecule has 0 unspecified atom stereocenters. The Bertz CT molecular complexity index is 874. The predicted octanol–water partition coefficient (Wildman–Crippen LogP) is 4.04. The van der Waals surface area contributed by atoms with Crippen LogP contribution in [0, 0.1) is 17.0 Å². The Kier molecular flexibility index (Phi) is 3.50. The standard InChI is InChI=1S/C16H15N3O3/c1-3-18-10-12(13-6-4-5-7-14(13)18)8-9-15-16(19(20)21)11(2)17-22-15/h4-10H,3H2,1-2H3/b9-8+. The topological polar surface area (TPSA) is 74.1 Å². The Hall–Kier alpha value is -2.89. The van der Waals surface area contributed by atoms with Crippen molar-refractivity contribution in [1.82, 2.24) is 9.72 Å². The summed E-state index contributed by atoms with van der Waals surface area (Å²) in [5.41, 5.74) is 2.31. The molecule has 3 aromatic rings. The third kappa shape index (κ3) is 2.28. The van der Waals surface area contributed by atoms with Crippen molar-refractivity contribution in [2.45, 2.75) is 20.4 Å². The minimum Gasteiger partial charge on any atom is -0.349 e. The van der Waals surface area contributed by atoms with Crippen LogP contribution < -0.4 is 0 Å². The van der Waals surface area contributed by atoms with Crippen molar-refractivity contribution >= 4 is 28.7 Å². The zero-order chi connectivity index (χ0) is 15.7. The van der Waals surface area contributed by atoms with E-state index in [2.05, 4.69) is 22.7 Å². The first-order valence-corrected chi connectivity index (χ1v) is 6.98. The molecule has 2 aromatic heterocycles. The van der Waals surface area contributed by atoms with Crippen LogP contribution in [0.15, 0.2) is 35.0 Å². The van der Waals surface area contributed by atoms with E-state index in [-0.39, 0.29) is 17.1 Å². The van der Waals surface area contributed by atoms with E-state index in [1.807, 2.05) is 30.5 Å². The van der Waals surface area contributed by atoms with E-state index in [0.717, 1.165) is 23.0 Å². The lowest BCUT2D eigenvalue weighted by atomic mass is 10.1. The molecule has 0 aliphatic heterocycles. The molecule has 6 heteroatoms. The largest absolute Gasteiger partial charge is 0.349 e. The van der Waals surface area contributed by atoms with Crippen LogP contribution in [0.3, 0.4) is 0 Å². The van der Waals surface area contributed by atoms with Gasteiger partial charge in [-0.2, -0.15) is 0 Å². The molecule has 0 amide bonds. The lowest BCUT2D eigenvalue weighted by Gasteiger charge is -1.97. The molecule has 0 spiro atoms. The van der Waals surface area contributed by atoms with E-state index in [0.29, 0.717) is 0 Å². The number of aromatic nitrogens is 2. The van der Waals surface area contributed by atoms with Crippen LogP contribution in [0.2, 0.25) is 0 Å². The van der Waals surface area contributed by atoms with Crippen LogP contribution in [-0.2, 0) is 6.54 Å². The minimum atomic E-state index is -0.471. The first-order valence-electron chi connectivity index (χ1n) is 6.98. The molecular weight excluding hydrogens is 282 g/mol. The van der Waals surface area contributed by atoms with Crippen molar-refractivity contribution in [3.05, 3.63) is 57.6 Å². The average Bonchev–Trinajstić information content (AvgIpc) is 3.05. The molecule has 6 nitrogen and oxygen atoms in total. The minimum absolute atomic E-state index is 0.0875. The zero-order valence-electron chi connectivity index (χ0n) is 12.3. The van der Waals surface area contributed by atoms with Gasteiger partial charge in [-0.3, -0.25) is 10.1 Å². The number of nitro groups is 1. The van der Waals surface area contributed by atoms with Crippen LogP contribution in [-0.4, -0.2) is 14.6 Å². The monoisotopic (exact) mass is 297 g/mol. The molecule has 0 saturated heterocycles. The van der Waals surface area contributed by atoms with Crippen molar-refractivity contribution in [1.29, 1.82) is 0 Å². The molecule has 0 atom stereocenters. The molecule has 0 bridgehead atoms. The lowest BCUT2D eigenvalue weighted by Crippen LogP contribution is -1.90. The van der Waals surface area contributed by atoms with Gasteiger partial charge in [0.1, 0.15) is 0 Å². The number of fused-ring (bicyclic) bond motifs is 1. The van der Waals surface area contributed by atoms with Gasteiger partial charge in [-0.05, 0) is 32.1 Å². The SMILES string of the molecule is CCn1cc(/C=C/c2onc(C)c2[N+](=O)[O-])c2ccccc21. The van der Waals surface area contributed by atoms with Gasteiger partial charge >= 0.3 is 5.69 Å². The molecule has 0 saturated carbocycles. The molecule has 1 aromatic carbocycles. The Morgan fingerprint density at radius 2 is 2.14 bits per heavy atom. The van der Waals surface area contributed by atoms with Gasteiger partial charge in [0.25, 0.3) is 0 Å². The summed E-state index contributed by atoms with van der Waals surface area (Å²) in [6.07, 6.45) is 5.44. The molecule has 0 aliphatic carbocycles. The maximum atomic E-state index is 11.0. The van der Waals surface area contributed by atoms with Crippen molar-refractivity contribution in [2.75, 3.05) is 0 Å². The molecule has 3 rings (SSSR count). The summed E-state index contributed by atoms with van der Waals surface area (Å²) in [5, 5.41) is 15.8. The maximum Gasteiger partial charge on any atom is 0.338 e. The van der Waals surface area contributed by atoms with Gasteiger partial charge in [0.05, 0.1) is 4.92 Å². The zero-order valence-corrected chi connectivity index (χ0v) is 12.3. The maximum absolute atomic E-state index is 11.0. The highest BCUT2D eigenvalue weighted by molar-refractivity contribution is 5.92. The van der Waals surface area contributed by atoms with Crippen LogP contribution in [0.5, 0.6) is 0 Å². The number of benzene rings is 1. The van der Waals surface area contributed by atoms with Gasteiger partial charge in [0.15, 0.2) is 5.69 Å². The Morgan fingerprint density at radius 3 is 2.86 bits per heavy atom. The predicted molar refractivity (Wildman–Crippen MR) is 84.4 cm³/mol. The van der Waals surface area contributed by atoms with Crippen LogP contribution >= 0.6 is 0 Å². The van der Waals surface area contributed by atoms with Gasteiger partial charge < -0.3 is 9.09 Å². The van der Waals surface area contributed by atoms with Gasteiger partial charge in [-0.15, -0.1) is 0 Å². The fourth-order valence-corrected chi connectivity index (χ4v) is 2.55. The highest BCUT2D eigenvalue weighted by atomic mass is 16.6. The number of rotatable bonds is 4. The van der Waals surface area contributed by atoms with Crippen LogP contribution in [0.4, 0.5) is 5.69 Å². The molecule has 0 N–H and O–H groups in total. The number of aryl methyl sites for hydroxylation is 2. The molecule has 0 fully saturated rings. The molecule has 112 valence electrons. The second kappa shape index (κ2) is 5.48. The summed E-state index contributed by atoms with van der Waals surface area (Å²) in [7, 11) is 0. The third-order valence-corrected chi connectivity index (χ3v) is 3.61. The van der Waals surface area contributed by atoms with E-state index in [9.17, 15) is 10.1 Å². The quantitative estimate of drug-likeness (QED) is 0.538. The molecule has 22 heavy (non-hydrogen) atoms. The smallest absolute Gasteiger partial charge is 0.338 e. The first-order chi connectivity index (χ1) is 10.6. The van der Waals surface area contributed by atoms with E-state index in [1.165, 1.54) is 0 Å². The summed E-state index contributed by atoms with van der Waals surface area (Å²) < 4.78 is 7.17. The van der Waals surface area contributed by atoms with E-state index in [1.54, 1.807) is 13.0 Å². The molecule has 0 radical (unpaired) electrons. The number of hydrogen-bond acceptors (Lipinski definition) is 4. The van der Waals surface area contributed by atoms with Gasteiger partial charge in [-0.1, -0.05) is 23.4 Å². The lowest BCUT2D eigenvalue weighted by molar-refractivity contribution is -0.386. The van der Waals surface area contributed by atoms with E-state index < -0.39 is 4.92 Å². The Morgan fingerprint density at radius 1 is 1.36 bits per heavy atom. The van der Waals surface area contributed by atoms with Crippen molar-refractivity contribution in [3.63, 3.8) is 0 Å². The first kappa shape index (κ1) is 14.1. The highest BCUT2D eigenvalue weighted by Gasteiger charge is 2.22.